The lowest BCUT2D eigenvalue weighted by molar-refractivity contribution is -0.671. The van der Waals surface area contributed by atoms with Crippen LogP contribution in [0.15, 0.2) is 47.5 Å². The first-order chi connectivity index (χ1) is 9.42. The van der Waals surface area contributed by atoms with E-state index < -0.39 is 0 Å². The van der Waals surface area contributed by atoms with Gasteiger partial charge in [-0.15, -0.1) is 0 Å². The summed E-state index contributed by atoms with van der Waals surface area (Å²) in [5.74, 6) is 0. The van der Waals surface area contributed by atoms with Gasteiger partial charge in [-0.3, -0.25) is 4.98 Å². The second kappa shape index (κ2) is 3.00. The van der Waals surface area contributed by atoms with E-state index in [1.807, 2.05) is 30.6 Å². The Hall–Kier alpha value is -2.69. The Balaban J connectivity index is 1.97. The normalized spacial score (nSPS) is 13.1. The molecule has 0 aliphatic carbocycles. The molecule has 0 fully saturated rings. The van der Waals surface area contributed by atoms with E-state index in [-0.39, 0.29) is 0 Å². The quantitative estimate of drug-likeness (QED) is 0.393. The summed E-state index contributed by atoms with van der Waals surface area (Å²) >= 11 is 0. The van der Waals surface area contributed by atoms with Gasteiger partial charge in [0.2, 0.25) is 5.69 Å². The molecule has 0 saturated carbocycles. The van der Waals surface area contributed by atoms with Gasteiger partial charge in [-0.25, -0.2) is 9.55 Å². The lowest BCUT2D eigenvalue weighted by Gasteiger charge is -1.91. The molecular weight excluding hydrogens is 240 g/mol. The Morgan fingerprint density at radius 3 is 3.26 bits per heavy atom. The maximum absolute atomic E-state index is 5.90. The number of fused-ring (bicyclic) bond motifs is 7. The van der Waals surface area contributed by atoms with Crippen molar-refractivity contribution in [3.05, 3.63) is 48.7 Å². The van der Waals surface area contributed by atoms with E-state index in [1.165, 1.54) is 11.1 Å². The fourth-order valence-electron chi connectivity index (χ4n) is 2.85. The van der Waals surface area contributed by atoms with E-state index >= 15 is 0 Å². The molecule has 0 radical (unpaired) electrons. The number of nitrogens with zero attached hydrogens (tertiary/aromatic N) is 4. The molecule has 1 aliphatic rings. The number of oxazole rings is 1. The van der Waals surface area contributed by atoms with Crippen molar-refractivity contribution < 1.29 is 8.98 Å². The van der Waals surface area contributed by atoms with Gasteiger partial charge in [-0.1, -0.05) is 0 Å². The maximum atomic E-state index is 5.90. The van der Waals surface area contributed by atoms with Crippen LogP contribution in [0.25, 0.3) is 28.2 Å². The predicted octanol–water partition coefficient (Wildman–Crippen LogP) is 1.79. The van der Waals surface area contributed by atoms with E-state index in [0.29, 0.717) is 5.71 Å². The van der Waals surface area contributed by atoms with Crippen molar-refractivity contribution in [2.75, 3.05) is 0 Å². The number of imidazole rings is 1. The van der Waals surface area contributed by atoms with Crippen LogP contribution in [0.5, 0.6) is 0 Å². The van der Waals surface area contributed by atoms with Crippen molar-refractivity contribution in [1.29, 1.82) is 0 Å². The van der Waals surface area contributed by atoms with E-state index in [4.69, 9.17) is 4.42 Å². The van der Waals surface area contributed by atoms with Gasteiger partial charge < -0.3 is 4.42 Å². The fourth-order valence-corrected chi connectivity index (χ4v) is 2.85. The monoisotopic (exact) mass is 249 g/mol. The van der Waals surface area contributed by atoms with Gasteiger partial charge in [0.1, 0.15) is 6.54 Å². The Kier molecular flexibility index (Phi) is 1.46. The number of hydrogen-bond donors (Lipinski definition) is 0. The summed E-state index contributed by atoms with van der Waals surface area (Å²) in [5, 5.41) is 0. The molecule has 90 valence electrons. The van der Waals surface area contributed by atoms with Gasteiger partial charge in [0.05, 0.1) is 0 Å². The third-order valence-electron chi connectivity index (χ3n) is 3.67. The van der Waals surface area contributed by atoms with Gasteiger partial charge in [0.15, 0.2) is 5.52 Å². The summed E-state index contributed by atoms with van der Waals surface area (Å²) in [6.45, 7) is 0.845. The molecule has 5 heterocycles. The molecule has 5 rings (SSSR count). The molecular formula is C14H9N4O+. The van der Waals surface area contributed by atoms with Crippen molar-refractivity contribution in [3.63, 3.8) is 0 Å². The van der Waals surface area contributed by atoms with Gasteiger partial charge in [-0.2, -0.15) is 4.40 Å². The number of aromatic nitrogens is 4. The summed E-state index contributed by atoms with van der Waals surface area (Å²) in [6.07, 6.45) is 7.55. The molecule has 0 amide bonds. The van der Waals surface area contributed by atoms with Crippen molar-refractivity contribution in [3.8, 4) is 11.3 Å². The molecule has 19 heavy (non-hydrogen) atoms. The second-order valence-electron chi connectivity index (χ2n) is 4.73. The molecule has 4 aromatic heterocycles. The smallest absolute Gasteiger partial charge is 0.345 e. The van der Waals surface area contributed by atoms with Crippen LogP contribution in [-0.2, 0) is 6.54 Å². The summed E-state index contributed by atoms with van der Waals surface area (Å²) in [4.78, 5) is 8.44. The second-order valence-corrected chi connectivity index (χ2v) is 4.73. The zero-order valence-electron chi connectivity index (χ0n) is 9.95. The van der Waals surface area contributed by atoms with Crippen LogP contribution >= 0.6 is 0 Å². The summed E-state index contributed by atoms with van der Waals surface area (Å²) in [6, 6.07) is 5.97. The highest BCUT2D eigenvalue weighted by Crippen LogP contribution is 2.32. The molecule has 0 atom stereocenters. The predicted molar refractivity (Wildman–Crippen MR) is 67.5 cm³/mol. The van der Waals surface area contributed by atoms with E-state index in [1.54, 1.807) is 6.20 Å². The third-order valence-corrected chi connectivity index (χ3v) is 3.67. The largest absolute Gasteiger partial charge is 0.396 e. The zero-order chi connectivity index (χ0) is 12.4. The highest BCUT2D eigenvalue weighted by atomic mass is 16.4. The van der Waals surface area contributed by atoms with Crippen LogP contribution in [0, 0.1) is 0 Å². The standard InChI is InChI=1S/C14H9N4O/c1-2-11-13(16-4-1)19-14-12-10-3-5-15-6-9(10)7-17(12)8-18(11)14/h1-6,8H,7H2/q+1. The SMILES string of the molecule is c1cnc2oc3c4[n+](cn3c2c1)Cc1cnccc1-4. The lowest BCUT2D eigenvalue weighted by Crippen LogP contribution is -2.29. The first kappa shape index (κ1) is 9.27. The van der Waals surface area contributed by atoms with Crippen molar-refractivity contribution in [1.82, 2.24) is 14.4 Å². The number of hydrogen-bond acceptors (Lipinski definition) is 3. The van der Waals surface area contributed by atoms with Crippen molar-refractivity contribution in [2.24, 2.45) is 0 Å². The molecule has 0 spiro atoms. The topological polar surface area (TPSA) is 47.2 Å². The van der Waals surface area contributed by atoms with Crippen molar-refractivity contribution in [2.45, 2.75) is 6.54 Å². The number of pyridine rings is 2. The molecule has 0 saturated heterocycles. The summed E-state index contributed by atoms with van der Waals surface area (Å²) < 4.78 is 10.2. The maximum Gasteiger partial charge on any atom is 0.345 e. The van der Waals surface area contributed by atoms with Crippen LogP contribution in [-0.4, -0.2) is 14.4 Å². The molecule has 0 unspecified atom stereocenters. The molecule has 4 aromatic rings. The Bertz CT molecular complexity index is 951. The van der Waals surface area contributed by atoms with Gasteiger partial charge >= 0.3 is 5.71 Å². The molecule has 1 aliphatic heterocycles. The van der Waals surface area contributed by atoms with Gasteiger partial charge in [0, 0.05) is 29.7 Å². The minimum absolute atomic E-state index is 0.670. The van der Waals surface area contributed by atoms with Crippen LogP contribution in [0.3, 0.4) is 0 Å². The van der Waals surface area contributed by atoms with E-state index in [9.17, 15) is 0 Å². The van der Waals surface area contributed by atoms with Crippen LogP contribution in [0.1, 0.15) is 5.56 Å². The highest BCUT2D eigenvalue weighted by molar-refractivity contribution is 5.81. The highest BCUT2D eigenvalue weighted by Gasteiger charge is 2.32. The number of rotatable bonds is 0. The third kappa shape index (κ3) is 1.03. The fraction of sp³-hybridized carbons (Fsp3) is 0.0714. The van der Waals surface area contributed by atoms with Gasteiger partial charge in [-0.05, 0) is 18.2 Å². The van der Waals surface area contributed by atoms with E-state index in [2.05, 4.69) is 25.3 Å². The minimum atomic E-state index is 0.670. The molecule has 0 bridgehead atoms. The molecule has 5 heteroatoms. The Labute approximate surface area is 107 Å². The lowest BCUT2D eigenvalue weighted by atomic mass is 10.1. The van der Waals surface area contributed by atoms with Gasteiger partial charge in [0.25, 0.3) is 12.0 Å². The summed E-state index contributed by atoms with van der Waals surface area (Å²) in [7, 11) is 0. The van der Waals surface area contributed by atoms with Crippen LogP contribution in [0.2, 0.25) is 0 Å². The van der Waals surface area contributed by atoms with Crippen LogP contribution < -0.4 is 4.57 Å². The first-order valence-corrected chi connectivity index (χ1v) is 6.13. The molecule has 5 nitrogen and oxygen atoms in total. The van der Waals surface area contributed by atoms with Crippen LogP contribution in [0.4, 0.5) is 0 Å². The Morgan fingerprint density at radius 2 is 2.26 bits per heavy atom. The zero-order valence-corrected chi connectivity index (χ0v) is 9.95. The van der Waals surface area contributed by atoms with Crippen molar-refractivity contribution >= 4 is 16.9 Å². The first-order valence-electron chi connectivity index (χ1n) is 6.13. The average Bonchev–Trinajstić information content (AvgIpc) is 3.05. The molecule has 0 aromatic carbocycles. The minimum Gasteiger partial charge on any atom is -0.396 e. The average molecular weight is 249 g/mol. The molecule has 0 N–H and O–H groups in total. The Morgan fingerprint density at radius 1 is 1.26 bits per heavy atom. The van der Waals surface area contributed by atoms with E-state index in [0.717, 1.165) is 23.5 Å². The summed E-state index contributed by atoms with van der Waals surface area (Å²) in [5.41, 5.74) is 6.04.